The lowest BCUT2D eigenvalue weighted by atomic mass is 10.0. The number of nitrogens with zero attached hydrogens (tertiary/aromatic N) is 3. The Morgan fingerprint density at radius 2 is 1.86 bits per heavy atom. The van der Waals surface area contributed by atoms with E-state index in [9.17, 15) is 0 Å². The lowest BCUT2D eigenvalue weighted by molar-refractivity contribution is 0.354. The highest BCUT2D eigenvalue weighted by atomic mass is 16.5. The van der Waals surface area contributed by atoms with Gasteiger partial charge in [-0.1, -0.05) is 24.3 Å². The number of hydrogen-bond acceptors (Lipinski definition) is 6. The van der Waals surface area contributed by atoms with Gasteiger partial charge in [0.25, 0.3) is 0 Å². The number of methoxy groups -OCH3 is 2. The molecular weight excluding hydrogens is 352 g/mol. The summed E-state index contributed by atoms with van der Waals surface area (Å²) in [6.07, 6.45) is 3.85. The molecule has 144 valence electrons. The average molecular weight is 376 g/mol. The highest BCUT2D eigenvalue weighted by Gasteiger charge is 2.19. The van der Waals surface area contributed by atoms with Gasteiger partial charge in [0.1, 0.15) is 18.0 Å². The quantitative estimate of drug-likeness (QED) is 0.696. The number of hydrogen-bond donors (Lipinski definition) is 1. The van der Waals surface area contributed by atoms with Gasteiger partial charge in [0, 0.05) is 24.8 Å². The lowest BCUT2D eigenvalue weighted by Gasteiger charge is -2.30. The van der Waals surface area contributed by atoms with Crippen molar-refractivity contribution >= 4 is 17.3 Å². The van der Waals surface area contributed by atoms with Crippen molar-refractivity contribution in [2.75, 3.05) is 31.0 Å². The maximum atomic E-state index is 5.38. The second-order valence-corrected chi connectivity index (χ2v) is 6.69. The molecule has 2 heterocycles. The maximum absolute atomic E-state index is 5.38. The van der Waals surface area contributed by atoms with Crippen molar-refractivity contribution in [2.45, 2.75) is 19.4 Å². The average Bonchev–Trinajstić information content (AvgIpc) is 2.77. The summed E-state index contributed by atoms with van der Waals surface area (Å²) in [5.74, 6) is 3.15. The molecule has 1 N–H and O–H groups in total. The third-order valence-electron chi connectivity index (χ3n) is 4.96. The highest BCUT2D eigenvalue weighted by Crippen LogP contribution is 2.33. The number of fused-ring (bicyclic) bond motifs is 1. The Morgan fingerprint density at radius 1 is 1.00 bits per heavy atom. The summed E-state index contributed by atoms with van der Waals surface area (Å²) in [5, 5.41) is 3.38. The zero-order valence-corrected chi connectivity index (χ0v) is 16.2. The normalized spacial score (nSPS) is 13.0. The molecule has 1 aliphatic heterocycles. The van der Waals surface area contributed by atoms with Crippen molar-refractivity contribution in [3.05, 3.63) is 66.0 Å². The first-order chi connectivity index (χ1) is 13.8. The zero-order valence-electron chi connectivity index (χ0n) is 16.2. The second kappa shape index (κ2) is 8.17. The van der Waals surface area contributed by atoms with Crippen molar-refractivity contribution in [3.63, 3.8) is 0 Å². The van der Waals surface area contributed by atoms with E-state index in [1.54, 1.807) is 20.5 Å². The maximum Gasteiger partial charge on any atom is 0.161 e. The van der Waals surface area contributed by atoms with Crippen molar-refractivity contribution in [1.82, 2.24) is 9.97 Å². The molecule has 1 aromatic heterocycles. The third-order valence-corrected chi connectivity index (χ3v) is 4.96. The standard InChI is InChI=1S/C22H24N4O2/c1-27-19-10-9-16(12-20(19)28-2)14-23-21-13-22(25-15-24-21)26-11-5-7-17-6-3-4-8-18(17)26/h3-4,6,8-10,12-13,15H,5,7,11,14H2,1-2H3,(H,23,24,25). The van der Waals surface area contributed by atoms with Gasteiger partial charge in [0.05, 0.1) is 14.2 Å². The fraction of sp³-hybridized carbons (Fsp3) is 0.273. The molecule has 4 rings (SSSR count). The molecule has 3 aromatic rings. The largest absolute Gasteiger partial charge is 0.493 e. The third kappa shape index (κ3) is 3.71. The molecule has 28 heavy (non-hydrogen) atoms. The number of para-hydroxylation sites is 1. The van der Waals surface area contributed by atoms with Crippen molar-refractivity contribution in [2.24, 2.45) is 0 Å². The number of aromatic nitrogens is 2. The van der Waals surface area contributed by atoms with Crippen LogP contribution in [0.25, 0.3) is 0 Å². The van der Waals surface area contributed by atoms with E-state index in [1.165, 1.54) is 11.3 Å². The summed E-state index contributed by atoms with van der Waals surface area (Å²) in [7, 11) is 3.28. The smallest absolute Gasteiger partial charge is 0.161 e. The number of anilines is 3. The number of ether oxygens (including phenoxy) is 2. The molecule has 6 nitrogen and oxygen atoms in total. The van der Waals surface area contributed by atoms with E-state index in [2.05, 4.69) is 44.5 Å². The van der Waals surface area contributed by atoms with Crippen LogP contribution in [0.3, 0.4) is 0 Å². The summed E-state index contributed by atoms with van der Waals surface area (Å²) in [4.78, 5) is 11.1. The molecule has 0 spiro atoms. The molecule has 2 aromatic carbocycles. The van der Waals surface area contributed by atoms with E-state index in [0.29, 0.717) is 6.54 Å². The van der Waals surface area contributed by atoms with Gasteiger partial charge in [-0.25, -0.2) is 9.97 Å². The minimum atomic E-state index is 0.632. The van der Waals surface area contributed by atoms with E-state index in [-0.39, 0.29) is 0 Å². The topological polar surface area (TPSA) is 59.5 Å². The number of benzene rings is 2. The summed E-state index contributed by atoms with van der Waals surface area (Å²) < 4.78 is 10.7. The molecule has 0 atom stereocenters. The lowest BCUT2D eigenvalue weighted by Crippen LogP contribution is -2.25. The number of nitrogens with one attached hydrogen (secondary N) is 1. The van der Waals surface area contributed by atoms with Crippen LogP contribution < -0.4 is 19.7 Å². The van der Waals surface area contributed by atoms with Gasteiger partial charge in [-0.05, 0) is 42.2 Å². The Morgan fingerprint density at radius 3 is 2.71 bits per heavy atom. The molecule has 0 amide bonds. The van der Waals surface area contributed by atoms with Crippen LogP contribution in [-0.2, 0) is 13.0 Å². The molecule has 6 heteroatoms. The zero-order chi connectivity index (χ0) is 19.3. The van der Waals surface area contributed by atoms with Crippen LogP contribution in [0.1, 0.15) is 17.5 Å². The number of rotatable bonds is 6. The van der Waals surface area contributed by atoms with E-state index in [4.69, 9.17) is 9.47 Å². The molecule has 1 aliphatic rings. The molecule has 0 fully saturated rings. The monoisotopic (exact) mass is 376 g/mol. The van der Waals surface area contributed by atoms with Crippen LogP contribution in [0.4, 0.5) is 17.3 Å². The molecule has 0 unspecified atom stereocenters. The van der Waals surface area contributed by atoms with Crippen molar-refractivity contribution in [3.8, 4) is 11.5 Å². The van der Waals surface area contributed by atoms with E-state index >= 15 is 0 Å². The van der Waals surface area contributed by atoms with Gasteiger partial charge in [-0.3, -0.25) is 0 Å². The second-order valence-electron chi connectivity index (χ2n) is 6.69. The predicted molar refractivity (Wildman–Crippen MR) is 111 cm³/mol. The molecule has 0 aliphatic carbocycles. The van der Waals surface area contributed by atoms with Gasteiger partial charge in [-0.2, -0.15) is 0 Å². The first kappa shape index (κ1) is 18.1. The minimum Gasteiger partial charge on any atom is -0.493 e. The Labute approximate surface area is 165 Å². The Balaban J connectivity index is 1.51. The fourth-order valence-electron chi connectivity index (χ4n) is 3.55. The van der Waals surface area contributed by atoms with Crippen LogP contribution in [0.2, 0.25) is 0 Å². The molecule has 0 bridgehead atoms. The first-order valence-corrected chi connectivity index (χ1v) is 9.41. The fourth-order valence-corrected chi connectivity index (χ4v) is 3.55. The Bertz CT molecular complexity index is 961. The Kier molecular flexibility index (Phi) is 5.28. The van der Waals surface area contributed by atoms with Gasteiger partial charge in [-0.15, -0.1) is 0 Å². The molecule has 0 saturated carbocycles. The Hall–Kier alpha value is -3.28. The van der Waals surface area contributed by atoms with E-state index in [1.807, 2.05) is 24.3 Å². The highest BCUT2D eigenvalue weighted by molar-refractivity contribution is 5.66. The summed E-state index contributed by atoms with van der Waals surface area (Å²) in [5.41, 5.74) is 3.69. The van der Waals surface area contributed by atoms with E-state index < -0.39 is 0 Å². The van der Waals surface area contributed by atoms with Crippen LogP contribution in [0.15, 0.2) is 54.9 Å². The number of aryl methyl sites for hydroxylation is 1. The van der Waals surface area contributed by atoms with Crippen molar-refractivity contribution in [1.29, 1.82) is 0 Å². The van der Waals surface area contributed by atoms with Crippen LogP contribution in [0, 0.1) is 0 Å². The van der Waals surface area contributed by atoms with Crippen molar-refractivity contribution < 1.29 is 9.47 Å². The summed E-state index contributed by atoms with van der Waals surface area (Å²) in [6, 6.07) is 16.4. The van der Waals surface area contributed by atoms with Crippen LogP contribution in [0.5, 0.6) is 11.5 Å². The van der Waals surface area contributed by atoms with Crippen LogP contribution in [-0.4, -0.2) is 30.7 Å². The SMILES string of the molecule is COc1ccc(CNc2cc(N3CCCc4ccccc43)ncn2)cc1OC. The first-order valence-electron chi connectivity index (χ1n) is 9.41. The molecular formula is C22H24N4O2. The summed E-state index contributed by atoms with van der Waals surface area (Å²) >= 11 is 0. The van der Waals surface area contributed by atoms with Crippen LogP contribution >= 0.6 is 0 Å². The molecule has 0 saturated heterocycles. The van der Waals surface area contributed by atoms with Gasteiger partial charge in [0.2, 0.25) is 0 Å². The van der Waals surface area contributed by atoms with Gasteiger partial charge >= 0.3 is 0 Å². The minimum absolute atomic E-state index is 0.632. The molecule has 0 radical (unpaired) electrons. The predicted octanol–water partition coefficient (Wildman–Crippen LogP) is 4.19. The van der Waals surface area contributed by atoms with E-state index in [0.717, 1.165) is 48.1 Å². The van der Waals surface area contributed by atoms with Gasteiger partial charge < -0.3 is 19.7 Å². The van der Waals surface area contributed by atoms with Gasteiger partial charge in [0.15, 0.2) is 11.5 Å². The summed E-state index contributed by atoms with van der Waals surface area (Å²) in [6.45, 7) is 1.59.